The lowest BCUT2D eigenvalue weighted by atomic mass is 10.0. The summed E-state index contributed by atoms with van der Waals surface area (Å²) in [5.41, 5.74) is 1.03. The summed E-state index contributed by atoms with van der Waals surface area (Å²) in [4.78, 5) is 33.3. The van der Waals surface area contributed by atoms with E-state index in [0.717, 1.165) is 5.56 Å². The van der Waals surface area contributed by atoms with Crippen LogP contribution < -0.4 is 5.32 Å². The standard InChI is InChI=1S/C14H16N2O5/c1-8-2-5-11(16(20)21)7-12(8)15-13(17)9-3-4-10(6-9)14(18)19/h2,5,7,9-10H,3-4,6H2,1H3,(H,15,17)(H,18,19). The van der Waals surface area contributed by atoms with Gasteiger partial charge in [0.25, 0.3) is 5.69 Å². The van der Waals surface area contributed by atoms with Crippen LogP contribution in [0.25, 0.3) is 0 Å². The van der Waals surface area contributed by atoms with Gasteiger partial charge in [-0.1, -0.05) is 6.07 Å². The molecule has 0 spiro atoms. The van der Waals surface area contributed by atoms with Crippen molar-refractivity contribution in [3.8, 4) is 0 Å². The molecular weight excluding hydrogens is 276 g/mol. The second kappa shape index (κ2) is 5.90. The Morgan fingerprint density at radius 1 is 1.33 bits per heavy atom. The SMILES string of the molecule is Cc1ccc([N+](=O)[O-])cc1NC(=O)C1CCC(C(=O)O)C1. The quantitative estimate of drug-likeness (QED) is 0.653. The summed E-state index contributed by atoms with van der Waals surface area (Å²) >= 11 is 0. The maximum Gasteiger partial charge on any atom is 0.306 e. The molecular formula is C14H16N2O5. The van der Waals surface area contributed by atoms with Gasteiger partial charge in [-0.15, -0.1) is 0 Å². The molecule has 1 aliphatic carbocycles. The fraction of sp³-hybridized carbons (Fsp3) is 0.429. The van der Waals surface area contributed by atoms with Crippen LogP contribution in [-0.4, -0.2) is 21.9 Å². The first-order valence-corrected chi connectivity index (χ1v) is 6.67. The molecule has 112 valence electrons. The number of amides is 1. The van der Waals surface area contributed by atoms with E-state index in [4.69, 9.17) is 5.11 Å². The number of carbonyl (C=O) groups is 2. The molecule has 0 aromatic heterocycles. The van der Waals surface area contributed by atoms with Gasteiger partial charge in [0.2, 0.25) is 5.91 Å². The lowest BCUT2D eigenvalue weighted by Crippen LogP contribution is -2.22. The number of benzene rings is 1. The zero-order valence-corrected chi connectivity index (χ0v) is 11.5. The van der Waals surface area contributed by atoms with E-state index >= 15 is 0 Å². The number of aliphatic carboxylic acids is 1. The van der Waals surface area contributed by atoms with Crippen molar-refractivity contribution >= 4 is 23.3 Å². The van der Waals surface area contributed by atoms with Crippen LogP contribution in [0.2, 0.25) is 0 Å². The first-order chi connectivity index (χ1) is 9.88. The predicted molar refractivity (Wildman–Crippen MR) is 74.9 cm³/mol. The van der Waals surface area contributed by atoms with Crippen LogP contribution in [0.15, 0.2) is 18.2 Å². The van der Waals surface area contributed by atoms with Gasteiger partial charge >= 0.3 is 5.97 Å². The van der Waals surface area contributed by atoms with Crippen LogP contribution in [0.4, 0.5) is 11.4 Å². The predicted octanol–water partition coefficient (Wildman–Crippen LogP) is 2.34. The number of nitro benzene ring substituents is 1. The van der Waals surface area contributed by atoms with Crippen LogP contribution >= 0.6 is 0 Å². The first-order valence-electron chi connectivity index (χ1n) is 6.67. The van der Waals surface area contributed by atoms with E-state index in [-0.39, 0.29) is 17.5 Å². The second-order valence-electron chi connectivity index (χ2n) is 5.29. The summed E-state index contributed by atoms with van der Waals surface area (Å²) in [7, 11) is 0. The molecule has 1 aromatic carbocycles. The van der Waals surface area contributed by atoms with Crippen LogP contribution in [-0.2, 0) is 9.59 Å². The molecule has 7 nitrogen and oxygen atoms in total. The molecule has 1 saturated carbocycles. The Morgan fingerprint density at radius 3 is 2.57 bits per heavy atom. The minimum Gasteiger partial charge on any atom is -0.481 e. The maximum atomic E-state index is 12.1. The summed E-state index contributed by atoms with van der Waals surface area (Å²) in [5.74, 6) is -1.99. The molecule has 2 rings (SSSR count). The number of non-ortho nitro benzene ring substituents is 1. The van der Waals surface area contributed by atoms with Crippen molar-refractivity contribution in [1.29, 1.82) is 0 Å². The average Bonchev–Trinajstić information content (AvgIpc) is 2.90. The highest BCUT2D eigenvalue weighted by Crippen LogP contribution is 2.32. The highest BCUT2D eigenvalue weighted by atomic mass is 16.6. The summed E-state index contributed by atoms with van der Waals surface area (Å²) in [5, 5.41) is 22.4. The number of carbonyl (C=O) groups excluding carboxylic acids is 1. The number of rotatable bonds is 4. The molecule has 21 heavy (non-hydrogen) atoms. The molecule has 0 saturated heterocycles. The van der Waals surface area contributed by atoms with E-state index in [1.165, 1.54) is 12.1 Å². The second-order valence-corrected chi connectivity index (χ2v) is 5.29. The van der Waals surface area contributed by atoms with Crippen molar-refractivity contribution in [2.75, 3.05) is 5.32 Å². The third-order valence-corrected chi connectivity index (χ3v) is 3.84. The first kappa shape index (κ1) is 15.0. The fourth-order valence-electron chi connectivity index (χ4n) is 2.54. The number of aryl methyl sites for hydroxylation is 1. The highest BCUT2D eigenvalue weighted by molar-refractivity contribution is 5.94. The summed E-state index contributed by atoms with van der Waals surface area (Å²) in [6, 6.07) is 4.26. The van der Waals surface area contributed by atoms with E-state index in [0.29, 0.717) is 24.9 Å². The number of carboxylic acid groups (broad SMARTS) is 1. The third-order valence-electron chi connectivity index (χ3n) is 3.84. The minimum atomic E-state index is -0.878. The Balaban J connectivity index is 2.08. The molecule has 2 unspecified atom stereocenters. The minimum absolute atomic E-state index is 0.0919. The zero-order chi connectivity index (χ0) is 15.6. The molecule has 1 amide bonds. The number of carboxylic acids is 1. The van der Waals surface area contributed by atoms with Crippen molar-refractivity contribution in [2.24, 2.45) is 11.8 Å². The maximum absolute atomic E-state index is 12.1. The van der Waals surface area contributed by atoms with Gasteiger partial charge < -0.3 is 10.4 Å². The number of nitrogens with one attached hydrogen (secondary N) is 1. The van der Waals surface area contributed by atoms with Gasteiger partial charge in [0.05, 0.1) is 16.5 Å². The Morgan fingerprint density at radius 2 is 2.00 bits per heavy atom. The number of hydrogen-bond acceptors (Lipinski definition) is 4. The summed E-state index contributed by atoms with van der Waals surface area (Å²) in [6.45, 7) is 1.74. The van der Waals surface area contributed by atoms with Gasteiger partial charge in [0.15, 0.2) is 0 Å². The lowest BCUT2D eigenvalue weighted by molar-refractivity contribution is -0.384. The molecule has 1 fully saturated rings. The monoisotopic (exact) mass is 292 g/mol. The topological polar surface area (TPSA) is 110 Å². The van der Waals surface area contributed by atoms with E-state index in [2.05, 4.69) is 5.32 Å². The zero-order valence-electron chi connectivity index (χ0n) is 11.5. The Kier molecular flexibility index (Phi) is 4.21. The fourth-order valence-corrected chi connectivity index (χ4v) is 2.54. The average molecular weight is 292 g/mol. The smallest absolute Gasteiger partial charge is 0.306 e. The van der Waals surface area contributed by atoms with E-state index in [1.54, 1.807) is 13.0 Å². The number of nitrogens with zero attached hydrogens (tertiary/aromatic N) is 1. The molecule has 2 atom stereocenters. The molecule has 0 bridgehead atoms. The van der Waals surface area contributed by atoms with Crippen LogP contribution in [0.5, 0.6) is 0 Å². The van der Waals surface area contributed by atoms with E-state index in [9.17, 15) is 19.7 Å². The van der Waals surface area contributed by atoms with Gasteiger partial charge in [-0.2, -0.15) is 0 Å². The molecule has 0 radical (unpaired) electrons. The Labute approximate surface area is 121 Å². The Bertz CT molecular complexity index is 599. The van der Waals surface area contributed by atoms with Crippen LogP contribution in [0.1, 0.15) is 24.8 Å². The van der Waals surface area contributed by atoms with E-state index < -0.39 is 16.8 Å². The highest BCUT2D eigenvalue weighted by Gasteiger charge is 2.34. The molecule has 1 aromatic rings. The molecule has 7 heteroatoms. The molecule has 0 aliphatic heterocycles. The van der Waals surface area contributed by atoms with Gasteiger partial charge in [0, 0.05) is 18.1 Å². The van der Waals surface area contributed by atoms with Crippen molar-refractivity contribution in [1.82, 2.24) is 0 Å². The molecule has 2 N–H and O–H groups in total. The van der Waals surface area contributed by atoms with Crippen molar-refractivity contribution in [2.45, 2.75) is 26.2 Å². The summed E-state index contributed by atoms with van der Waals surface area (Å²) < 4.78 is 0. The lowest BCUT2D eigenvalue weighted by Gasteiger charge is -2.12. The molecule has 1 aliphatic rings. The van der Waals surface area contributed by atoms with Gasteiger partial charge in [0.1, 0.15) is 0 Å². The summed E-state index contributed by atoms with van der Waals surface area (Å²) in [6.07, 6.45) is 1.33. The van der Waals surface area contributed by atoms with Crippen LogP contribution in [0.3, 0.4) is 0 Å². The van der Waals surface area contributed by atoms with Crippen molar-refractivity contribution < 1.29 is 19.6 Å². The Hall–Kier alpha value is -2.44. The van der Waals surface area contributed by atoms with Gasteiger partial charge in [-0.05, 0) is 31.7 Å². The molecule has 0 heterocycles. The van der Waals surface area contributed by atoms with Crippen molar-refractivity contribution in [3.05, 3.63) is 33.9 Å². The van der Waals surface area contributed by atoms with Gasteiger partial charge in [-0.25, -0.2) is 0 Å². The van der Waals surface area contributed by atoms with Gasteiger partial charge in [-0.3, -0.25) is 19.7 Å². The number of nitro groups is 1. The van der Waals surface area contributed by atoms with Crippen molar-refractivity contribution in [3.63, 3.8) is 0 Å². The number of anilines is 1. The largest absolute Gasteiger partial charge is 0.481 e. The van der Waals surface area contributed by atoms with E-state index in [1.807, 2.05) is 0 Å². The normalized spacial score (nSPS) is 21.0. The number of hydrogen-bond donors (Lipinski definition) is 2. The van der Waals surface area contributed by atoms with Crippen LogP contribution in [0, 0.1) is 28.9 Å². The third kappa shape index (κ3) is 3.36.